The van der Waals surface area contributed by atoms with Crippen LogP contribution in [0.15, 0.2) is 30.3 Å². The van der Waals surface area contributed by atoms with E-state index in [0.717, 1.165) is 31.4 Å². The van der Waals surface area contributed by atoms with Crippen LogP contribution in [-0.2, 0) is 14.3 Å². The summed E-state index contributed by atoms with van der Waals surface area (Å²) in [5.74, 6) is 0.0754. The Hall–Kier alpha value is -1.88. The van der Waals surface area contributed by atoms with Crippen molar-refractivity contribution in [3.05, 3.63) is 35.9 Å². The topological polar surface area (TPSA) is 58.6 Å². The molecule has 1 aliphatic heterocycles. The Morgan fingerprint density at radius 3 is 2.68 bits per heavy atom. The molecule has 5 heteroatoms. The van der Waals surface area contributed by atoms with Crippen LogP contribution >= 0.6 is 0 Å². The molecule has 3 atom stereocenters. The van der Waals surface area contributed by atoms with Crippen molar-refractivity contribution in [1.29, 1.82) is 0 Å². The van der Waals surface area contributed by atoms with Crippen molar-refractivity contribution < 1.29 is 14.3 Å². The molecule has 1 heterocycles. The summed E-state index contributed by atoms with van der Waals surface area (Å²) in [6.07, 6.45) is 2.39. The van der Waals surface area contributed by atoms with Crippen LogP contribution in [0.1, 0.15) is 44.8 Å². The van der Waals surface area contributed by atoms with Gasteiger partial charge in [-0.1, -0.05) is 44.2 Å². The summed E-state index contributed by atoms with van der Waals surface area (Å²) in [6.45, 7) is 5.70. The molecule has 5 nitrogen and oxygen atoms in total. The first kappa shape index (κ1) is 19.4. The van der Waals surface area contributed by atoms with Gasteiger partial charge < -0.3 is 15.0 Å². The van der Waals surface area contributed by atoms with Gasteiger partial charge in [0.15, 0.2) is 0 Å². The highest BCUT2D eigenvalue weighted by molar-refractivity contribution is 5.82. The average Bonchev–Trinajstić information content (AvgIpc) is 2.68. The van der Waals surface area contributed by atoms with E-state index in [2.05, 4.69) is 5.32 Å². The van der Waals surface area contributed by atoms with Crippen LogP contribution in [0.3, 0.4) is 0 Å². The van der Waals surface area contributed by atoms with Crippen molar-refractivity contribution >= 4 is 11.8 Å². The number of methoxy groups -OCH3 is 1. The number of hydrogen-bond donors (Lipinski definition) is 1. The van der Waals surface area contributed by atoms with Gasteiger partial charge in [0, 0.05) is 32.7 Å². The van der Waals surface area contributed by atoms with E-state index in [9.17, 15) is 9.59 Å². The predicted octanol–water partition coefficient (Wildman–Crippen LogP) is 2.78. The zero-order valence-corrected chi connectivity index (χ0v) is 15.5. The van der Waals surface area contributed by atoms with Gasteiger partial charge in [-0.05, 0) is 24.8 Å². The molecule has 1 aromatic rings. The van der Waals surface area contributed by atoms with Crippen LogP contribution in [-0.4, -0.2) is 43.5 Å². The van der Waals surface area contributed by atoms with Gasteiger partial charge in [-0.2, -0.15) is 0 Å². The highest BCUT2D eigenvalue weighted by atomic mass is 16.5. The lowest BCUT2D eigenvalue weighted by Gasteiger charge is -2.33. The van der Waals surface area contributed by atoms with E-state index in [1.54, 1.807) is 7.11 Å². The van der Waals surface area contributed by atoms with Crippen molar-refractivity contribution in [2.75, 3.05) is 26.7 Å². The molecule has 2 rings (SSSR count). The summed E-state index contributed by atoms with van der Waals surface area (Å²) in [5, 5.41) is 3.00. The first-order valence-electron chi connectivity index (χ1n) is 9.21. The molecular weight excluding hydrogens is 316 g/mol. The lowest BCUT2D eigenvalue weighted by atomic mass is 9.95. The Labute approximate surface area is 150 Å². The van der Waals surface area contributed by atoms with E-state index < -0.39 is 0 Å². The highest BCUT2D eigenvalue weighted by Crippen LogP contribution is 2.20. The Bertz CT molecular complexity index is 561. The van der Waals surface area contributed by atoms with E-state index in [-0.39, 0.29) is 29.8 Å². The van der Waals surface area contributed by atoms with E-state index in [1.807, 2.05) is 49.1 Å². The van der Waals surface area contributed by atoms with Gasteiger partial charge in [0.05, 0.1) is 12.0 Å². The summed E-state index contributed by atoms with van der Waals surface area (Å²) in [6, 6.07) is 9.87. The third kappa shape index (κ3) is 5.30. The quantitative estimate of drug-likeness (QED) is 0.826. The molecule has 0 bridgehead atoms. The first-order valence-corrected chi connectivity index (χ1v) is 9.21. The summed E-state index contributed by atoms with van der Waals surface area (Å²) in [4.78, 5) is 26.8. The minimum Gasteiger partial charge on any atom is -0.375 e. The largest absolute Gasteiger partial charge is 0.375 e. The second kappa shape index (κ2) is 9.56. The monoisotopic (exact) mass is 346 g/mol. The fourth-order valence-corrected chi connectivity index (χ4v) is 3.22. The zero-order valence-electron chi connectivity index (χ0n) is 15.5. The maximum Gasteiger partial charge on any atom is 0.225 e. The number of rotatable bonds is 7. The van der Waals surface area contributed by atoms with Crippen LogP contribution in [0, 0.1) is 11.8 Å². The molecule has 0 spiro atoms. The van der Waals surface area contributed by atoms with Crippen molar-refractivity contribution in [2.24, 2.45) is 11.8 Å². The minimum atomic E-state index is -0.161. The molecule has 1 saturated heterocycles. The fourth-order valence-electron chi connectivity index (χ4n) is 3.22. The number of ether oxygens (including phenoxy) is 1. The number of amides is 2. The maximum absolute atomic E-state index is 12.6. The molecule has 0 unspecified atom stereocenters. The molecule has 0 aliphatic carbocycles. The lowest BCUT2D eigenvalue weighted by molar-refractivity contribution is -0.139. The zero-order chi connectivity index (χ0) is 18.2. The number of carbonyl (C=O) groups excluding carboxylic acids is 2. The number of likely N-dealkylation sites (tertiary alicyclic amines) is 1. The van der Waals surface area contributed by atoms with Crippen molar-refractivity contribution in [3.63, 3.8) is 0 Å². The summed E-state index contributed by atoms with van der Waals surface area (Å²) in [7, 11) is 1.65. The minimum absolute atomic E-state index is 0.0135. The van der Waals surface area contributed by atoms with Crippen LogP contribution in [0.25, 0.3) is 0 Å². The Balaban J connectivity index is 1.88. The second-order valence-corrected chi connectivity index (χ2v) is 6.81. The molecule has 1 aromatic carbocycles. The normalized spacial score (nSPS) is 20.0. The van der Waals surface area contributed by atoms with Crippen LogP contribution in [0.4, 0.5) is 0 Å². The molecule has 0 aromatic heterocycles. The molecule has 1 N–H and O–H groups in total. The van der Waals surface area contributed by atoms with E-state index in [0.29, 0.717) is 13.1 Å². The number of piperidine rings is 1. The van der Waals surface area contributed by atoms with Gasteiger partial charge in [-0.25, -0.2) is 0 Å². The van der Waals surface area contributed by atoms with Crippen LogP contribution < -0.4 is 5.32 Å². The number of nitrogens with one attached hydrogen (secondary N) is 1. The summed E-state index contributed by atoms with van der Waals surface area (Å²) < 4.78 is 5.50. The first-order chi connectivity index (χ1) is 12.1. The Morgan fingerprint density at radius 2 is 2.04 bits per heavy atom. The van der Waals surface area contributed by atoms with Gasteiger partial charge in [0.2, 0.25) is 11.8 Å². The fraction of sp³-hybridized carbons (Fsp3) is 0.600. The number of hydrogen-bond acceptors (Lipinski definition) is 3. The van der Waals surface area contributed by atoms with Gasteiger partial charge in [0.25, 0.3) is 0 Å². The van der Waals surface area contributed by atoms with E-state index in [4.69, 9.17) is 4.74 Å². The second-order valence-electron chi connectivity index (χ2n) is 6.81. The van der Waals surface area contributed by atoms with Gasteiger partial charge in [-0.3, -0.25) is 9.59 Å². The standard InChI is InChI=1S/C20H30N2O3/c1-4-15(2)20(24)22-12-8-11-17(14-22)19(23)21-13-18(25-3)16-9-6-5-7-10-16/h5-7,9-10,15,17-18H,4,8,11-14H2,1-3H3,(H,21,23)/t15-,17+,18-/m0/s1. The molecule has 0 radical (unpaired) electrons. The third-order valence-corrected chi connectivity index (χ3v) is 5.06. The van der Waals surface area contributed by atoms with Gasteiger partial charge in [0.1, 0.15) is 0 Å². The SMILES string of the molecule is CC[C@H](C)C(=O)N1CCC[C@@H](C(=O)NC[C@H](OC)c2ccccc2)C1. The molecule has 2 amide bonds. The van der Waals surface area contributed by atoms with Crippen LogP contribution in [0.5, 0.6) is 0 Å². The Morgan fingerprint density at radius 1 is 1.32 bits per heavy atom. The average molecular weight is 346 g/mol. The summed E-state index contributed by atoms with van der Waals surface area (Å²) in [5.41, 5.74) is 1.04. The maximum atomic E-state index is 12.6. The third-order valence-electron chi connectivity index (χ3n) is 5.06. The molecule has 138 valence electrons. The van der Waals surface area contributed by atoms with E-state index >= 15 is 0 Å². The van der Waals surface area contributed by atoms with Crippen molar-refractivity contribution in [3.8, 4) is 0 Å². The number of carbonyl (C=O) groups is 2. The van der Waals surface area contributed by atoms with Crippen molar-refractivity contribution in [2.45, 2.75) is 39.2 Å². The molecule has 0 saturated carbocycles. The molecule has 1 aliphatic rings. The number of nitrogens with zero attached hydrogens (tertiary/aromatic N) is 1. The van der Waals surface area contributed by atoms with E-state index in [1.165, 1.54) is 0 Å². The van der Waals surface area contributed by atoms with Crippen LogP contribution in [0.2, 0.25) is 0 Å². The predicted molar refractivity (Wildman–Crippen MR) is 98.0 cm³/mol. The highest BCUT2D eigenvalue weighted by Gasteiger charge is 2.30. The summed E-state index contributed by atoms with van der Waals surface area (Å²) >= 11 is 0. The Kier molecular flexibility index (Phi) is 7.44. The van der Waals surface area contributed by atoms with Crippen molar-refractivity contribution in [1.82, 2.24) is 10.2 Å². The van der Waals surface area contributed by atoms with Gasteiger partial charge in [-0.15, -0.1) is 0 Å². The lowest BCUT2D eigenvalue weighted by Crippen LogP contribution is -2.47. The molecular formula is C20H30N2O3. The molecule has 1 fully saturated rings. The molecule has 25 heavy (non-hydrogen) atoms. The van der Waals surface area contributed by atoms with Gasteiger partial charge >= 0.3 is 0 Å². The number of benzene rings is 1. The smallest absolute Gasteiger partial charge is 0.225 e.